The van der Waals surface area contributed by atoms with Crippen LogP contribution < -0.4 is 5.73 Å². The molecule has 0 saturated carbocycles. The Labute approximate surface area is 123 Å². The van der Waals surface area contributed by atoms with Gasteiger partial charge in [-0.25, -0.2) is 4.68 Å². The third-order valence-corrected chi connectivity index (χ3v) is 4.35. The van der Waals surface area contributed by atoms with Crippen molar-refractivity contribution >= 4 is 39.1 Å². The van der Waals surface area contributed by atoms with Crippen LogP contribution in [0, 0.1) is 0 Å². The molecule has 0 bridgehead atoms. The van der Waals surface area contributed by atoms with Gasteiger partial charge in [0.15, 0.2) is 0 Å². The topological polar surface area (TPSA) is 56.7 Å². The minimum Gasteiger partial charge on any atom is -0.323 e. The fourth-order valence-corrected chi connectivity index (χ4v) is 2.32. The van der Waals surface area contributed by atoms with Crippen molar-refractivity contribution in [3.63, 3.8) is 0 Å². The number of hydrogen-bond donors (Lipinski definition) is 1. The lowest BCUT2D eigenvalue weighted by Crippen LogP contribution is -2.08. The summed E-state index contributed by atoms with van der Waals surface area (Å²) in [6.07, 6.45) is 2.56. The third-order valence-electron chi connectivity index (χ3n) is 2.59. The maximum absolute atomic E-state index is 6.17. The summed E-state index contributed by atoms with van der Waals surface area (Å²) in [5.74, 6) is 0. The highest BCUT2D eigenvalue weighted by Crippen LogP contribution is 2.34. The van der Waals surface area contributed by atoms with Crippen LogP contribution in [0.5, 0.6) is 0 Å². The van der Waals surface area contributed by atoms with Crippen molar-refractivity contribution in [3.8, 4) is 5.69 Å². The normalized spacial score (nSPS) is 12.7. The van der Waals surface area contributed by atoms with Gasteiger partial charge in [0, 0.05) is 4.47 Å². The van der Waals surface area contributed by atoms with Gasteiger partial charge < -0.3 is 5.73 Å². The van der Waals surface area contributed by atoms with Crippen LogP contribution in [0.4, 0.5) is 0 Å². The maximum Gasteiger partial charge on any atom is 0.0998 e. The first-order valence-electron chi connectivity index (χ1n) is 5.36. The second-order valence-electron chi connectivity index (χ2n) is 3.80. The molecule has 1 aromatic carbocycles. The summed E-state index contributed by atoms with van der Waals surface area (Å²) in [5.41, 5.74) is 7.30. The van der Waals surface area contributed by atoms with Crippen LogP contribution in [-0.4, -0.2) is 15.0 Å². The van der Waals surface area contributed by atoms with Crippen LogP contribution in [0.15, 0.2) is 22.8 Å². The number of rotatable bonds is 3. The molecular weight excluding hydrogens is 339 g/mol. The molecule has 2 rings (SSSR count). The second-order valence-corrected chi connectivity index (χ2v) is 5.41. The van der Waals surface area contributed by atoms with Crippen LogP contribution >= 0.6 is 39.1 Å². The van der Waals surface area contributed by atoms with Gasteiger partial charge >= 0.3 is 0 Å². The second kappa shape index (κ2) is 5.57. The molecule has 4 nitrogen and oxygen atoms in total. The van der Waals surface area contributed by atoms with Crippen molar-refractivity contribution in [1.29, 1.82) is 0 Å². The van der Waals surface area contributed by atoms with Crippen LogP contribution in [0.2, 0.25) is 10.0 Å². The van der Waals surface area contributed by atoms with E-state index in [0.717, 1.165) is 16.6 Å². The van der Waals surface area contributed by atoms with E-state index in [1.165, 1.54) is 0 Å². The van der Waals surface area contributed by atoms with Gasteiger partial charge in [-0.2, -0.15) is 0 Å². The summed E-state index contributed by atoms with van der Waals surface area (Å²) < 4.78 is 2.31. The molecule has 1 atom stereocenters. The molecule has 0 aliphatic rings. The standard InChI is InChI=1S/C11H11BrCl2N4/c1-2-7(15)8-5-18(17-16-8)9-4-3-6(12)10(13)11(9)14/h3-5,7H,2,15H2,1H3. The first kappa shape index (κ1) is 13.8. The quantitative estimate of drug-likeness (QED) is 0.858. The molecule has 2 aromatic rings. The van der Waals surface area contributed by atoms with E-state index in [1.807, 2.05) is 19.1 Å². The zero-order chi connectivity index (χ0) is 13.3. The molecule has 0 fully saturated rings. The molecule has 18 heavy (non-hydrogen) atoms. The molecule has 1 unspecified atom stereocenters. The summed E-state index contributed by atoms with van der Waals surface area (Å²) in [6.45, 7) is 1.99. The number of hydrogen-bond acceptors (Lipinski definition) is 3. The molecule has 0 spiro atoms. The fraction of sp³-hybridized carbons (Fsp3) is 0.273. The Hall–Kier alpha value is -0.620. The molecular formula is C11H11BrCl2N4. The highest BCUT2D eigenvalue weighted by Gasteiger charge is 2.13. The Kier molecular flexibility index (Phi) is 4.27. The molecule has 1 heterocycles. The van der Waals surface area contributed by atoms with Crippen molar-refractivity contribution in [2.24, 2.45) is 5.73 Å². The fourth-order valence-electron chi connectivity index (χ4n) is 1.47. The van der Waals surface area contributed by atoms with E-state index in [4.69, 9.17) is 28.9 Å². The number of benzene rings is 1. The number of nitrogens with two attached hydrogens (primary N) is 1. The van der Waals surface area contributed by atoms with E-state index in [9.17, 15) is 0 Å². The number of aromatic nitrogens is 3. The Morgan fingerprint density at radius 3 is 2.78 bits per heavy atom. The largest absolute Gasteiger partial charge is 0.323 e. The monoisotopic (exact) mass is 348 g/mol. The summed E-state index contributed by atoms with van der Waals surface area (Å²) in [6, 6.07) is 3.50. The molecule has 1 aromatic heterocycles. The molecule has 0 amide bonds. The van der Waals surface area contributed by atoms with E-state index < -0.39 is 0 Å². The zero-order valence-electron chi connectivity index (χ0n) is 9.57. The number of nitrogens with zero attached hydrogens (tertiary/aromatic N) is 3. The van der Waals surface area contributed by atoms with Gasteiger partial charge in [-0.1, -0.05) is 35.3 Å². The van der Waals surface area contributed by atoms with E-state index in [2.05, 4.69) is 26.2 Å². The highest BCUT2D eigenvalue weighted by molar-refractivity contribution is 9.10. The van der Waals surface area contributed by atoms with Crippen LogP contribution in [0.25, 0.3) is 5.69 Å². The van der Waals surface area contributed by atoms with Crippen molar-refractivity contribution in [1.82, 2.24) is 15.0 Å². The molecule has 0 radical (unpaired) electrons. The minimum atomic E-state index is -0.122. The predicted octanol–water partition coefficient (Wildman–Crippen LogP) is 3.75. The average Bonchev–Trinajstić information content (AvgIpc) is 2.84. The lowest BCUT2D eigenvalue weighted by molar-refractivity contribution is 0.670. The molecule has 0 aliphatic carbocycles. The lowest BCUT2D eigenvalue weighted by atomic mass is 10.2. The van der Waals surface area contributed by atoms with Crippen LogP contribution in [0.1, 0.15) is 25.1 Å². The van der Waals surface area contributed by atoms with Gasteiger partial charge in [0.05, 0.1) is 33.7 Å². The number of halogens is 3. The maximum atomic E-state index is 6.17. The van der Waals surface area contributed by atoms with E-state index in [1.54, 1.807) is 10.9 Å². The summed E-state index contributed by atoms with van der Waals surface area (Å²) in [7, 11) is 0. The average molecular weight is 350 g/mol. The van der Waals surface area contributed by atoms with E-state index >= 15 is 0 Å². The molecule has 2 N–H and O–H groups in total. The Bertz CT molecular complexity index is 570. The minimum absolute atomic E-state index is 0.122. The van der Waals surface area contributed by atoms with E-state index in [0.29, 0.717) is 15.7 Å². The first-order valence-corrected chi connectivity index (χ1v) is 6.91. The SMILES string of the molecule is CCC(N)c1cn(-c2ccc(Br)c(Cl)c2Cl)nn1. The van der Waals surface area contributed by atoms with Gasteiger partial charge in [0.1, 0.15) is 0 Å². The zero-order valence-corrected chi connectivity index (χ0v) is 12.7. The summed E-state index contributed by atoms with van der Waals surface area (Å²) in [5, 5.41) is 8.92. The molecule has 0 saturated heterocycles. The van der Waals surface area contributed by atoms with Crippen LogP contribution in [0.3, 0.4) is 0 Å². The van der Waals surface area contributed by atoms with Crippen molar-refractivity contribution in [2.45, 2.75) is 19.4 Å². The Morgan fingerprint density at radius 1 is 1.39 bits per heavy atom. The van der Waals surface area contributed by atoms with Gasteiger partial charge in [0.25, 0.3) is 0 Å². The predicted molar refractivity (Wildman–Crippen MR) is 76.3 cm³/mol. The van der Waals surface area contributed by atoms with Crippen molar-refractivity contribution in [3.05, 3.63) is 38.5 Å². The molecule has 0 aliphatic heterocycles. The van der Waals surface area contributed by atoms with Crippen LogP contribution in [-0.2, 0) is 0 Å². The molecule has 7 heteroatoms. The third kappa shape index (κ3) is 2.54. The smallest absolute Gasteiger partial charge is 0.0998 e. The van der Waals surface area contributed by atoms with Gasteiger partial charge in [0.2, 0.25) is 0 Å². The molecule has 96 valence electrons. The summed E-state index contributed by atoms with van der Waals surface area (Å²) in [4.78, 5) is 0. The summed E-state index contributed by atoms with van der Waals surface area (Å²) >= 11 is 15.5. The van der Waals surface area contributed by atoms with Gasteiger partial charge in [-0.05, 0) is 34.5 Å². The lowest BCUT2D eigenvalue weighted by Gasteiger charge is -2.06. The van der Waals surface area contributed by atoms with Gasteiger partial charge in [-0.3, -0.25) is 0 Å². The first-order chi connectivity index (χ1) is 8.54. The van der Waals surface area contributed by atoms with Crippen molar-refractivity contribution < 1.29 is 0 Å². The Balaban J connectivity index is 2.43. The van der Waals surface area contributed by atoms with Crippen molar-refractivity contribution in [2.75, 3.05) is 0 Å². The van der Waals surface area contributed by atoms with E-state index in [-0.39, 0.29) is 6.04 Å². The highest BCUT2D eigenvalue weighted by atomic mass is 79.9. The van der Waals surface area contributed by atoms with Gasteiger partial charge in [-0.15, -0.1) is 5.10 Å². The Morgan fingerprint density at radius 2 is 2.11 bits per heavy atom.